The van der Waals surface area contributed by atoms with Gasteiger partial charge in [-0.05, 0) is 30.4 Å². The van der Waals surface area contributed by atoms with Gasteiger partial charge in [0.05, 0.1) is 0 Å². The van der Waals surface area contributed by atoms with E-state index in [-0.39, 0.29) is 0 Å². The summed E-state index contributed by atoms with van der Waals surface area (Å²) in [5, 5.41) is 11.2. The van der Waals surface area contributed by atoms with Gasteiger partial charge in [0.25, 0.3) is 0 Å². The maximum atomic E-state index is 5.37. The number of nitrogens with one attached hydrogen (secondary N) is 2. The first-order chi connectivity index (χ1) is 12.3. The van der Waals surface area contributed by atoms with E-state index < -0.39 is 0 Å². The topological polar surface area (TPSA) is 76.4 Å². The van der Waals surface area contributed by atoms with Gasteiger partial charge in [0, 0.05) is 51.0 Å². The molecule has 25 heavy (non-hydrogen) atoms. The molecule has 0 bridgehead atoms. The Bertz CT molecular complexity index is 808. The Kier molecular flexibility index (Phi) is 5.84. The fourth-order valence-electron chi connectivity index (χ4n) is 2.52. The van der Waals surface area contributed by atoms with E-state index >= 15 is 0 Å². The molecule has 0 spiro atoms. The molecular weight excluding hydrogens is 315 g/mol. The summed E-state index contributed by atoms with van der Waals surface area (Å²) < 4.78 is 7.20. The van der Waals surface area contributed by atoms with Crippen LogP contribution in [0.3, 0.4) is 0 Å². The molecule has 8 heteroatoms. The molecule has 130 valence electrons. The molecule has 0 amide bonds. The summed E-state index contributed by atoms with van der Waals surface area (Å²) in [7, 11) is 2.01. The molecule has 2 N–H and O–H groups in total. The van der Waals surface area contributed by atoms with E-state index in [9.17, 15) is 0 Å². The molecule has 0 saturated carbocycles. The number of hydrogen-bond acceptors (Lipinski definition) is 6. The maximum Gasteiger partial charge on any atom is 0.153 e. The SMILES string of the molecule is Bc1cnn2c(NCc3cccnc3)cc(NCCCOCC)nc12. The summed E-state index contributed by atoms with van der Waals surface area (Å²) in [6.45, 7) is 5.00. The van der Waals surface area contributed by atoms with Gasteiger partial charge in [0.15, 0.2) is 5.65 Å². The Morgan fingerprint density at radius 3 is 3.00 bits per heavy atom. The van der Waals surface area contributed by atoms with Crippen molar-refractivity contribution in [1.82, 2.24) is 19.6 Å². The average molecular weight is 338 g/mol. The molecule has 0 aliphatic rings. The Labute approximate surface area is 148 Å². The molecular formula is C17H23BN6O. The van der Waals surface area contributed by atoms with Crippen LogP contribution in [0.25, 0.3) is 5.65 Å². The Morgan fingerprint density at radius 1 is 1.28 bits per heavy atom. The first-order valence-electron chi connectivity index (χ1n) is 8.57. The third-order valence-corrected chi connectivity index (χ3v) is 3.82. The third-order valence-electron chi connectivity index (χ3n) is 3.82. The lowest BCUT2D eigenvalue weighted by Gasteiger charge is -2.12. The number of nitrogens with zero attached hydrogens (tertiary/aromatic N) is 4. The van der Waals surface area contributed by atoms with Gasteiger partial charge in [-0.15, -0.1) is 0 Å². The van der Waals surface area contributed by atoms with Gasteiger partial charge in [-0.1, -0.05) is 6.07 Å². The monoisotopic (exact) mass is 338 g/mol. The summed E-state index contributed by atoms with van der Waals surface area (Å²) in [5.41, 5.74) is 3.01. The Balaban J connectivity index is 1.73. The van der Waals surface area contributed by atoms with Crippen LogP contribution in [-0.2, 0) is 11.3 Å². The standard InChI is InChI=1S/C17H23BN6O/c1-2-25-8-4-7-20-15-9-16(21-11-13-5-3-6-19-10-13)24-17(23-15)14(18)12-22-24/h3,5-6,9-10,12,21H,2,4,7-8,11,18H2,1H3,(H,20,23). The molecule has 3 heterocycles. The second-order valence-corrected chi connectivity index (χ2v) is 5.78. The smallest absolute Gasteiger partial charge is 0.153 e. The van der Waals surface area contributed by atoms with Gasteiger partial charge in [-0.2, -0.15) is 9.61 Å². The lowest BCUT2D eigenvalue weighted by atomic mass is 10.0. The number of aromatic nitrogens is 4. The minimum Gasteiger partial charge on any atom is -0.382 e. The van der Waals surface area contributed by atoms with Crippen LogP contribution in [0.1, 0.15) is 18.9 Å². The minimum absolute atomic E-state index is 0.676. The first kappa shape index (κ1) is 17.2. The van der Waals surface area contributed by atoms with Gasteiger partial charge in [-0.25, -0.2) is 4.98 Å². The predicted molar refractivity (Wildman–Crippen MR) is 102 cm³/mol. The highest BCUT2D eigenvalue weighted by molar-refractivity contribution is 6.36. The predicted octanol–water partition coefficient (Wildman–Crippen LogP) is 0.833. The van der Waals surface area contributed by atoms with Crippen LogP contribution >= 0.6 is 0 Å². The summed E-state index contributed by atoms with van der Waals surface area (Å²) >= 11 is 0. The second kappa shape index (κ2) is 8.48. The van der Waals surface area contributed by atoms with Crippen LogP contribution in [0.15, 0.2) is 36.8 Å². The first-order valence-corrected chi connectivity index (χ1v) is 8.57. The fourth-order valence-corrected chi connectivity index (χ4v) is 2.52. The van der Waals surface area contributed by atoms with E-state index in [0.29, 0.717) is 6.54 Å². The lowest BCUT2D eigenvalue weighted by molar-refractivity contribution is 0.147. The highest BCUT2D eigenvalue weighted by Crippen LogP contribution is 2.15. The van der Waals surface area contributed by atoms with Gasteiger partial charge in [-0.3, -0.25) is 4.98 Å². The van der Waals surface area contributed by atoms with Crippen molar-refractivity contribution >= 4 is 30.6 Å². The highest BCUT2D eigenvalue weighted by atomic mass is 16.5. The number of rotatable bonds is 9. The van der Waals surface area contributed by atoms with Crippen LogP contribution in [0.5, 0.6) is 0 Å². The number of fused-ring (bicyclic) bond motifs is 1. The molecule has 0 aliphatic heterocycles. The molecule has 3 rings (SSSR count). The van der Waals surface area contributed by atoms with Crippen LogP contribution < -0.4 is 16.1 Å². The third kappa shape index (κ3) is 4.48. The van der Waals surface area contributed by atoms with E-state index in [1.165, 1.54) is 0 Å². The quantitative estimate of drug-likeness (QED) is 0.445. The van der Waals surface area contributed by atoms with Crippen LogP contribution in [0, 0.1) is 0 Å². The normalized spacial score (nSPS) is 10.9. The van der Waals surface area contributed by atoms with E-state index in [2.05, 4.69) is 25.7 Å². The van der Waals surface area contributed by atoms with Crippen molar-refractivity contribution in [2.24, 2.45) is 0 Å². The second-order valence-electron chi connectivity index (χ2n) is 5.78. The Morgan fingerprint density at radius 2 is 2.20 bits per heavy atom. The van der Waals surface area contributed by atoms with Gasteiger partial charge < -0.3 is 15.4 Å². The molecule has 0 aromatic carbocycles. The molecule has 0 aliphatic carbocycles. The molecule has 0 fully saturated rings. The largest absolute Gasteiger partial charge is 0.382 e. The number of pyridine rings is 1. The van der Waals surface area contributed by atoms with Crippen molar-refractivity contribution in [2.75, 3.05) is 30.4 Å². The van der Waals surface area contributed by atoms with E-state index in [1.807, 2.05) is 49.9 Å². The molecule has 0 unspecified atom stereocenters. The van der Waals surface area contributed by atoms with Crippen molar-refractivity contribution in [2.45, 2.75) is 19.9 Å². The van der Waals surface area contributed by atoms with Crippen LogP contribution in [-0.4, -0.2) is 47.2 Å². The highest BCUT2D eigenvalue weighted by Gasteiger charge is 2.09. The molecule has 7 nitrogen and oxygen atoms in total. The van der Waals surface area contributed by atoms with Crippen molar-refractivity contribution in [3.63, 3.8) is 0 Å². The Hall–Kier alpha value is -2.61. The number of ether oxygens (including phenoxy) is 1. The minimum atomic E-state index is 0.676. The zero-order chi connectivity index (χ0) is 17.5. The molecule has 0 atom stereocenters. The molecule has 0 radical (unpaired) electrons. The van der Waals surface area contributed by atoms with E-state index in [1.54, 1.807) is 6.20 Å². The van der Waals surface area contributed by atoms with Crippen molar-refractivity contribution in [3.05, 3.63) is 42.4 Å². The molecule has 0 saturated heterocycles. The zero-order valence-corrected chi connectivity index (χ0v) is 14.7. The van der Waals surface area contributed by atoms with E-state index in [0.717, 1.165) is 54.5 Å². The van der Waals surface area contributed by atoms with Crippen molar-refractivity contribution < 1.29 is 4.74 Å². The van der Waals surface area contributed by atoms with Crippen LogP contribution in [0.4, 0.5) is 11.6 Å². The van der Waals surface area contributed by atoms with Crippen molar-refractivity contribution in [1.29, 1.82) is 0 Å². The molecule has 3 aromatic rings. The maximum absolute atomic E-state index is 5.37. The average Bonchev–Trinajstić information content (AvgIpc) is 3.02. The zero-order valence-electron chi connectivity index (χ0n) is 14.7. The van der Waals surface area contributed by atoms with Gasteiger partial charge in [0.2, 0.25) is 0 Å². The van der Waals surface area contributed by atoms with Gasteiger partial charge >= 0.3 is 0 Å². The van der Waals surface area contributed by atoms with Crippen LogP contribution in [0.2, 0.25) is 0 Å². The van der Waals surface area contributed by atoms with Gasteiger partial charge in [0.1, 0.15) is 19.5 Å². The summed E-state index contributed by atoms with van der Waals surface area (Å²) in [5.74, 6) is 1.73. The number of anilines is 2. The summed E-state index contributed by atoms with van der Waals surface area (Å²) in [6.07, 6.45) is 6.40. The van der Waals surface area contributed by atoms with E-state index in [4.69, 9.17) is 4.74 Å². The molecule has 3 aromatic heterocycles. The fraction of sp³-hybridized carbons (Fsp3) is 0.353. The number of hydrogen-bond donors (Lipinski definition) is 2. The summed E-state index contributed by atoms with van der Waals surface area (Å²) in [6, 6.07) is 5.96. The summed E-state index contributed by atoms with van der Waals surface area (Å²) in [4.78, 5) is 8.81. The lowest BCUT2D eigenvalue weighted by Crippen LogP contribution is -2.12. The van der Waals surface area contributed by atoms with Crippen molar-refractivity contribution in [3.8, 4) is 0 Å².